The standard InChI is InChI=1S/C45H26N4O/c1-3-16-35-30(11-1)28-25-37(42-38(26-28)34-15-7-10-20-41(34)50-42)31-12-2-4-17-36(31)45-47-43(46-44(35)48-45)27-21-23-29(24-22-27)49-39-18-8-5-13-32(39)33-14-6-9-19-40(33)49/h1-26H. The number of nitrogens with zero attached hydrogens (tertiary/aromatic N) is 4. The van der Waals surface area contributed by atoms with Crippen LogP contribution in [0.15, 0.2) is 162 Å². The molecule has 0 saturated heterocycles. The normalized spacial score (nSPS) is 12.0. The van der Waals surface area contributed by atoms with Crippen molar-refractivity contribution in [1.29, 1.82) is 0 Å². The molecule has 5 heteroatoms. The molecule has 0 radical (unpaired) electrons. The number of furan rings is 1. The summed E-state index contributed by atoms with van der Waals surface area (Å²) in [6.07, 6.45) is 0. The first-order chi connectivity index (χ1) is 24.8. The van der Waals surface area contributed by atoms with Gasteiger partial charge in [0, 0.05) is 49.0 Å². The maximum atomic E-state index is 6.56. The van der Waals surface area contributed by atoms with Crippen molar-refractivity contribution in [3.63, 3.8) is 0 Å². The van der Waals surface area contributed by atoms with Crippen LogP contribution in [0.25, 0.3) is 104 Å². The Hall–Kier alpha value is -6.85. The second-order valence-electron chi connectivity index (χ2n) is 12.8. The van der Waals surface area contributed by atoms with E-state index >= 15 is 0 Å². The molecule has 0 N–H and O–H groups in total. The lowest BCUT2D eigenvalue weighted by molar-refractivity contribution is 0.673. The van der Waals surface area contributed by atoms with Gasteiger partial charge in [0.25, 0.3) is 0 Å². The molecule has 0 aliphatic heterocycles. The number of hydrogen-bond acceptors (Lipinski definition) is 4. The van der Waals surface area contributed by atoms with Crippen LogP contribution < -0.4 is 0 Å². The van der Waals surface area contributed by atoms with E-state index in [1.54, 1.807) is 0 Å². The van der Waals surface area contributed by atoms with Crippen LogP contribution in [0.3, 0.4) is 0 Å². The minimum atomic E-state index is 0.624. The summed E-state index contributed by atoms with van der Waals surface area (Å²) >= 11 is 0. The molecule has 0 aliphatic carbocycles. The van der Waals surface area contributed by atoms with E-state index in [2.05, 4.69) is 144 Å². The largest absolute Gasteiger partial charge is 0.455 e. The lowest BCUT2D eigenvalue weighted by atomic mass is 10.0. The Morgan fingerprint density at radius 3 is 1.56 bits per heavy atom. The molecule has 4 aromatic heterocycles. The summed E-state index contributed by atoms with van der Waals surface area (Å²) in [7, 11) is 0. The van der Waals surface area contributed by atoms with Crippen LogP contribution in [-0.2, 0) is 0 Å². The van der Waals surface area contributed by atoms with Gasteiger partial charge in [0.2, 0.25) is 0 Å². The smallest absolute Gasteiger partial charge is 0.164 e. The number of fused-ring (bicyclic) bond motifs is 17. The average Bonchev–Trinajstić information content (AvgIpc) is 3.73. The quantitative estimate of drug-likeness (QED) is 0.189. The Bertz CT molecular complexity index is 3160. The third-order valence-corrected chi connectivity index (χ3v) is 10.0. The molecule has 0 unspecified atom stereocenters. The van der Waals surface area contributed by atoms with E-state index in [-0.39, 0.29) is 0 Å². The molecule has 11 rings (SSSR count). The Kier molecular flexibility index (Phi) is 5.60. The van der Waals surface area contributed by atoms with Gasteiger partial charge in [0.1, 0.15) is 11.2 Å². The first-order valence-corrected chi connectivity index (χ1v) is 16.8. The molecule has 232 valence electrons. The third kappa shape index (κ3) is 3.92. The first kappa shape index (κ1) is 27.1. The zero-order valence-corrected chi connectivity index (χ0v) is 26.7. The predicted octanol–water partition coefficient (Wildman–Crippen LogP) is 11.7. The zero-order valence-electron chi connectivity index (χ0n) is 26.7. The Balaban J connectivity index is 1.21. The van der Waals surface area contributed by atoms with E-state index in [1.807, 2.05) is 18.2 Å². The van der Waals surface area contributed by atoms with Crippen molar-refractivity contribution in [3.05, 3.63) is 158 Å². The van der Waals surface area contributed by atoms with Crippen molar-refractivity contribution in [1.82, 2.24) is 19.5 Å². The van der Waals surface area contributed by atoms with Crippen molar-refractivity contribution in [2.24, 2.45) is 0 Å². The molecule has 4 bridgehead atoms. The first-order valence-electron chi connectivity index (χ1n) is 16.8. The highest BCUT2D eigenvalue weighted by Gasteiger charge is 2.16. The Morgan fingerprint density at radius 1 is 0.400 bits per heavy atom. The minimum Gasteiger partial charge on any atom is -0.455 e. The van der Waals surface area contributed by atoms with Crippen LogP contribution in [0.5, 0.6) is 0 Å². The van der Waals surface area contributed by atoms with Crippen LogP contribution in [0.1, 0.15) is 0 Å². The van der Waals surface area contributed by atoms with Crippen LogP contribution in [0.4, 0.5) is 0 Å². The van der Waals surface area contributed by atoms with Crippen molar-refractivity contribution >= 4 is 87.4 Å². The van der Waals surface area contributed by atoms with Gasteiger partial charge in [0.05, 0.1) is 11.0 Å². The van der Waals surface area contributed by atoms with Crippen LogP contribution in [0.2, 0.25) is 0 Å². The summed E-state index contributed by atoms with van der Waals surface area (Å²) in [5.41, 5.74) is 7.35. The van der Waals surface area contributed by atoms with E-state index in [4.69, 9.17) is 19.4 Å². The topological polar surface area (TPSA) is 56.7 Å². The number of hydrogen-bond donors (Lipinski definition) is 0. The van der Waals surface area contributed by atoms with Crippen molar-refractivity contribution in [3.8, 4) is 17.1 Å². The molecule has 0 atom stereocenters. The molecule has 0 fully saturated rings. The molecule has 50 heavy (non-hydrogen) atoms. The highest BCUT2D eigenvalue weighted by molar-refractivity contribution is 6.22. The van der Waals surface area contributed by atoms with Crippen molar-refractivity contribution in [2.45, 2.75) is 0 Å². The van der Waals surface area contributed by atoms with Gasteiger partial charge >= 0.3 is 0 Å². The molecule has 5 nitrogen and oxygen atoms in total. The van der Waals surface area contributed by atoms with Gasteiger partial charge in [-0.1, -0.05) is 103 Å². The summed E-state index contributed by atoms with van der Waals surface area (Å²) in [6.45, 7) is 0. The molecule has 4 heterocycles. The Morgan fingerprint density at radius 2 is 0.900 bits per heavy atom. The van der Waals surface area contributed by atoms with Crippen molar-refractivity contribution < 1.29 is 4.42 Å². The van der Waals surface area contributed by atoms with Crippen LogP contribution in [-0.4, -0.2) is 19.5 Å². The zero-order chi connectivity index (χ0) is 32.8. The fourth-order valence-corrected chi connectivity index (χ4v) is 7.73. The van der Waals surface area contributed by atoms with E-state index < -0.39 is 0 Å². The summed E-state index contributed by atoms with van der Waals surface area (Å²) < 4.78 is 8.89. The fraction of sp³-hybridized carbons (Fsp3) is 0. The molecule has 0 amide bonds. The SMILES string of the molecule is c1ccc2c(c1)oc1c2cc2cc1c1ccccc1c1nc(-c3ccc(-n4c5ccccc5c5ccccc54)cc3)nc(n1)c1ccccc21. The van der Waals surface area contributed by atoms with Gasteiger partial charge in [-0.05, 0) is 70.8 Å². The summed E-state index contributed by atoms with van der Waals surface area (Å²) in [5, 5.41) is 10.7. The highest BCUT2D eigenvalue weighted by atomic mass is 16.3. The molecule has 0 spiro atoms. The monoisotopic (exact) mass is 638 g/mol. The van der Waals surface area contributed by atoms with Gasteiger partial charge in [-0.2, -0.15) is 0 Å². The number of rotatable bonds is 2. The number of para-hydroxylation sites is 3. The fourth-order valence-electron chi connectivity index (χ4n) is 7.73. The maximum Gasteiger partial charge on any atom is 0.164 e. The van der Waals surface area contributed by atoms with E-state index in [0.717, 1.165) is 65.5 Å². The second-order valence-corrected chi connectivity index (χ2v) is 12.8. The number of benzene rings is 7. The highest BCUT2D eigenvalue weighted by Crippen LogP contribution is 2.38. The lowest BCUT2D eigenvalue weighted by Crippen LogP contribution is -1.97. The maximum absolute atomic E-state index is 6.56. The van der Waals surface area contributed by atoms with Gasteiger partial charge in [-0.25, -0.2) is 15.0 Å². The van der Waals surface area contributed by atoms with Crippen LogP contribution in [0, 0.1) is 0 Å². The minimum absolute atomic E-state index is 0.624. The van der Waals surface area contributed by atoms with Crippen LogP contribution >= 0.6 is 0 Å². The van der Waals surface area contributed by atoms with Gasteiger partial charge < -0.3 is 8.98 Å². The molecule has 11 aromatic rings. The Labute approximate surface area is 285 Å². The predicted molar refractivity (Wildman–Crippen MR) is 206 cm³/mol. The summed E-state index contributed by atoms with van der Waals surface area (Å²) in [6, 6.07) is 55.1. The van der Waals surface area contributed by atoms with Gasteiger partial charge in [-0.3, -0.25) is 0 Å². The van der Waals surface area contributed by atoms with E-state index in [0.29, 0.717) is 17.1 Å². The van der Waals surface area contributed by atoms with Gasteiger partial charge in [0.15, 0.2) is 17.1 Å². The molecule has 0 saturated carbocycles. The molecular weight excluding hydrogens is 613 g/mol. The van der Waals surface area contributed by atoms with Crippen molar-refractivity contribution in [2.75, 3.05) is 0 Å². The molecule has 7 aromatic carbocycles. The summed E-state index contributed by atoms with van der Waals surface area (Å²) in [4.78, 5) is 15.4. The molecular formula is C45H26N4O. The van der Waals surface area contributed by atoms with E-state index in [9.17, 15) is 0 Å². The average molecular weight is 639 g/mol. The van der Waals surface area contributed by atoms with Gasteiger partial charge in [-0.15, -0.1) is 0 Å². The summed E-state index contributed by atoms with van der Waals surface area (Å²) in [5.74, 6) is 0.626. The lowest BCUT2D eigenvalue weighted by Gasteiger charge is -2.10. The van der Waals surface area contributed by atoms with E-state index in [1.165, 1.54) is 21.8 Å². The third-order valence-electron chi connectivity index (χ3n) is 10.0. The second kappa shape index (κ2) is 10.3. The number of aromatic nitrogens is 4. The molecule has 0 aliphatic rings.